The number of aromatic nitrogens is 1. The Morgan fingerprint density at radius 2 is 1.91 bits per heavy atom. The van der Waals surface area contributed by atoms with Gasteiger partial charge < -0.3 is 30.7 Å². The molecule has 5 N–H and O–H groups in total. The zero-order valence-electron chi connectivity index (χ0n) is 17.9. The second-order valence-corrected chi connectivity index (χ2v) is 7.85. The third-order valence-electron chi connectivity index (χ3n) is 4.75. The highest BCUT2D eigenvalue weighted by molar-refractivity contribution is 6.30. The van der Waals surface area contributed by atoms with Crippen LogP contribution >= 0.6 is 11.6 Å². The molecule has 8 nitrogen and oxygen atoms in total. The average molecular weight is 472 g/mol. The average Bonchev–Trinajstić information content (AvgIpc) is 2.82. The number of aliphatic hydroxyl groups excluding tert-OH is 2. The molecular formula is C24H26ClN3O5. The number of carbonyl (C=O) groups is 1. The van der Waals surface area contributed by atoms with Crippen LogP contribution in [-0.2, 0) is 6.42 Å². The quantitative estimate of drug-likeness (QED) is 0.319. The molecule has 9 heteroatoms. The molecule has 1 amide bonds. The number of nitrogens with zero attached hydrogens (tertiary/aromatic N) is 1. The number of nitrogens with one attached hydrogen (secondary N) is 1. The Morgan fingerprint density at radius 1 is 1.12 bits per heavy atom. The Labute approximate surface area is 196 Å². The van der Waals surface area contributed by atoms with Gasteiger partial charge in [-0.05, 0) is 48.4 Å². The third-order valence-corrected chi connectivity index (χ3v) is 4.98. The summed E-state index contributed by atoms with van der Waals surface area (Å²) in [6.07, 6.45) is 1.17. The smallest absolute Gasteiger partial charge is 0.250 e. The molecule has 3 rings (SSSR count). The molecule has 2 atom stereocenters. The molecule has 0 radical (unpaired) electrons. The topological polar surface area (TPSA) is 127 Å². The van der Waals surface area contributed by atoms with Crippen LogP contribution in [0.2, 0.25) is 5.02 Å². The molecule has 0 aliphatic carbocycles. The molecule has 0 fully saturated rings. The molecule has 0 spiro atoms. The summed E-state index contributed by atoms with van der Waals surface area (Å²) in [5.41, 5.74) is 6.49. The second kappa shape index (κ2) is 12.2. The molecule has 0 saturated carbocycles. The summed E-state index contributed by atoms with van der Waals surface area (Å²) in [5, 5.41) is 23.6. The number of aliphatic hydroxyl groups is 2. The molecule has 2 aromatic carbocycles. The van der Waals surface area contributed by atoms with Gasteiger partial charge in [-0.1, -0.05) is 29.8 Å². The number of halogens is 1. The number of hydrogen-bond acceptors (Lipinski definition) is 7. The van der Waals surface area contributed by atoms with Gasteiger partial charge in [0.1, 0.15) is 24.2 Å². The Balaban J connectivity index is 1.44. The van der Waals surface area contributed by atoms with E-state index in [2.05, 4.69) is 10.3 Å². The standard InChI is InChI=1S/C24H26ClN3O5/c25-18-2-1-3-22(11-18)32-15-20(30)13-27-19(14-29)10-16-4-7-21(8-5-16)33-23-9-6-17(12-28-23)24(26)31/h1-9,11-12,19-20,27,29-30H,10,13-15H2,(H2,26,31)/t19-,20-/m0/s1. The number of nitrogens with two attached hydrogens (primary N) is 1. The molecule has 3 aromatic rings. The molecule has 0 aliphatic rings. The SMILES string of the molecule is NC(=O)c1ccc(Oc2ccc(C[C@@H](CO)NC[C@H](O)COc3cccc(Cl)c3)cc2)nc1. The van der Waals surface area contributed by atoms with Gasteiger partial charge in [0.2, 0.25) is 11.8 Å². The van der Waals surface area contributed by atoms with Gasteiger partial charge in [-0.2, -0.15) is 0 Å². The molecular weight excluding hydrogens is 446 g/mol. The monoisotopic (exact) mass is 471 g/mol. The molecule has 33 heavy (non-hydrogen) atoms. The zero-order chi connectivity index (χ0) is 23.6. The normalized spacial score (nSPS) is 12.7. The van der Waals surface area contributed by atoms with Crippen molar-refractivity contribution in [3.8, 4) is 17.4 Å². The largest absolute Gasteiger partial charge is 0.491 e. The minimum absolute atomic E-state index is 0.0871. The summed E-state index contributed by atoms with van der Waals surface area (Å²) in [5.74, 6) is 0.963. The first-order valence-corrected chi connectivity index (χ1v) is 10.7. The number of hydrogen-bond donors (Lipinski definition) is 4. The van der Waals surface area contributed by atoms with Crippen molar-refractivity contribution in [2.75, 3.05) is 19.8 Å². The van der Waals surface area contributed by atoms with Gasteiger partial charge >= 0.3 is 0 Å². The van der Waals surface area contributed by atoms with Crippen LogP contribution in [-0.4, -0.2) is 53.0 Å². The van der Waals surface area contributed by atoms with Crippen molar-refractivity contribution in [1.82, 2.24) is 10.3 Å². The molecule has 0 bridgehead atoms. The van der Waals surface area contributed by atoms with Crippen molar-refractivity contribution in [1.29, 1.82) is 0 Å². The lowest BCUT2D eigenvalue weighted by atomic mass is 10.1. The van der Waals surface area contributed by atoms with E-state index >= 15 is 0 Å². The molecule has 1 aromatic heterocycles. The number of carbonyl (C=O) groups excluding carboxylic acids is 1. The molecule has 174 valence electrons. The molecule has 0 saturated heterocycles. The minimum Gasteiger partial charge on any atom is -0.491 e. The Morgan fingerprint density at radius 3 is 2.55 bits per heavy atom. The van der Waals surface area contributed by atoms with E-state index in [9.17, 15) is 15.0 Å². The van der Waals surface area contributed by atoms with Crippen molar-refractivity contribution in [3.63, 3.8) is 0 Å². The van der Waals surface area contributed by atoms with E-state index in [-0.39, 0.29) is 25.8 Å². The Hall–Kier alpha value is -3.17. The highest BCUT2D eigenvalue weighted by Crippen LogP contribution is 2.20. The lowest BCUT2D eigenvalue weighted by Gasteiger charge is -2.19. The van der Waals surface area contributed by atoms with Crippen molar-refractivity contribution in [2.24, 2.45) is 5.73 Å². The van der Waals surface area contributed by atoms with Crippen molar-refractivity contribution < 1.29 is 24.5 Å². The fourth-order valence-electron chi connectivity index (χ4n) is 3.00. The Kier molecular flexibility index (Phi) is 9.03. The van der Waals surface area contributed by atoms with Crippen LogP contribution in [0, 0.1) is 0 Å². The summed E-state index contributed by atoms with van der Waals surface area (Å²) >= 11 is 5.92. The highest BCUT2D eigenvalue weighted by Gasteiger charge is 2.12. The number of benzene rings is 2. The van der Waals surface area contributed by atoms with E-state index in [1.165, 1.54) is 6.20 Å². The van der Waals surface area contributed by atoms with Gasteiger partial charge in [-0.3, -0.25) is 4.79 Å². The van der Waals surface area contributed by atoms with Gasteiger partial charge in [-0.25, -0.2) is 4.98 Å². The van der Waals surface area contributed by atoms with E-state index in [4.69, 9.17) is 26.8 Å². The fourth-order valence-corrected chi connectivity index (χ4v) is 3.18. The van der Waals surface area contributed by atoms with Crippen molar-refractivity contribution in [2.45, 2.75) is 18.6 Å². The number of ether oxygens (including phenoxy) is 2. The maximum atomic E-state index is 11.1. The molecule has 1 heterocycles. The van der Waals surface area contributed by atoms with E-state index in [0.717, 1.165) is 5.56 Å². The van der Waals surface area contributed by atoms with Crippen LogP contribution < -0.4 is 20.5 Å². The first kappa shape index (κ1) is 24.5. The van der Waals surface area contributed by atoms with E-state index in [1.54, 1.807) is 48.5 Å². The highest BCUT2D eigenvalue weighted by atomic mass is 35.5. The lowest BCUT2D eigenvalue weighted by molar-refractivity contribution is 0.0995. The van der Waals surface area contributed by atoms with Crippen LogP contribution in [0.1, 0.15) is 15.9 Å². The van der Waals surface area contributed by atoms with Gasteiger partial charge in [-0.15, -0.1) is 0 Å². The first-order chi connectivity index (χ1) is 15.9. The van der Waals surface area contributed by atoms with Gasteiger partial charge in [0.05, 0.1) is 12.2 Å². The second-order valence-electron chi connectivity index (χ2n) is 7.41. The zero-order valence-corrected chi connectivity index (χ0v) is 18.6. The van der Waals surface area contributed by atoms with Gasteiger partial charge in [0, 0.05) is 29.9 Å². The van der Waals surface area contributed by atoms with E-state index < -0.39 is 12.0 Å². The first-order valence-electron chi connectivity index (χ1n) is 10.4. The minimum atomic E-state index is -0.748. The van der Waals surface area contributed by atoms with E-state index in [1.807, 2.05) is 12.1 Å². The lowest BCUT2D eigenvalue weighted by Crippen LogP contribution is -2.41. The maximum absolute atomic E-state index is 11.1. The number of rotatable bonds is 12. The Bertz CT molecular complexity index is 1030. The van der Waals surface area contributed by atoms with Crippen LogP contribution in [0.4, 0.5) is 0 Å². The fraction of sp³-hybridized carbons (Fsp3) is 0.250. The van der Waals surface area contributed by atoms with Crippen molar-refractivity contribution in [3.05, 3.63) is 83.0 Å². The van der Waals surface area contributed by atoms with E-state index in [0.29, 0.717) is 34.4 Å². The van der Waals surface area contributed by atoms with Crippen LogP contribution in [0.5, 0.6) is 17.4 Å². The number of pyridine rings is 1. The summed E-state index contributed by atoms with van der Waals surface area (Å²) < 4.78 is 11.2. The summed E-state index contributed by atoms with van der Waals surface area (Å²) in [7, 11) is 0. The molecule has 0 unspecified atom stereocenters. The maximum Gasteiger partial charge on any atom is 0.250 e. The number of amides is 1. The van der Waals surface area contributed by atoms with Crippen LogP contribution in [0.3, 0.4) is 0 Å². The predicted octanol–water partition coefficient (Wildman–Crippen LogP) is 2.56. The van der Waals surface area contributed by atoms with Crippen molar-refractivity contribution >= 4 is 17.5 Å². The summed E-state index contributed by atoms with van der Waals surface area (Å²) in [6, 6.07) is 17.2. The molecule has 0 aliphatic heterocycles. The van der Waals surface area contributed by atoms with Crippen LogP contribution in [0.25, 0.3) is 0 Å². The van der Waals surface area contributed by atoms with Crippen LogP contribution in [0.15, 0.2) is 66.9 Å². The predicted molar refractivity (Wildman–Crippen MR) is 125 cm³/mol. The summed E-state index contributed by atoms with van der Waals surface area (Å²) in [6.45, 7) is 0.280. The van der Waals surface area contributed by atoms with Gasteiger partial charge in [0.25, 0.3) is 0 Å². The number of primary amides is 1. The summed E-state index contributed by atoms with van der Waals surface area (Å²) in [4.78, 5) is 15.2. The third kappa shape index (κ3) is 8.03. The van der Waals surface area contributed by atoms with Gasteiger partial charge in [0.15, 0.2) is 0 Å².